The highest BCUT2D eigenvalue weighted by molar-refractivity contribution is 5.85. The Morgan fingerprint density at radius 2 is 2.13 bits per heavy atom. The fourth-order valence-electron chi connectivity index (χ4n) is 2.16. The molecule has 0 amide bonds. The molecule has 76 valence electrons. The number of hydrogen-bond acceptors (Lipinski definition) is 2. The predicted molar refractivity (Wildman–Crippen MR) is 61.0 cm³/mol. The van der Waals surface area contributed by atoms with Crippen molar-refractivity contribution in [1.82, 2.24) is 0 Å². The van der Waals surface area contributed by atoms with Crippen LogP contribution in [0.5, 0.6) is 0 Å². The first-order valence-corrected chi connectivity index (χ1v) is 5.16. The minimum absolute atomic E-state index is 0.478. The van der Waals surface area contributed by atoms with Gasteiger partial charge in [-0.05, 0) is 22.6 Å². The number of rotatable bonds is 1. The van der Waals surface area contributed by atoms with Gasteiger partial charge in [0.05, 0.1) is 5.57 Å². The van der Waals surface area contributed by atoms with Crippen molar-refractivity contribution in [3.8, 4) is 6.07 Å². The first-order chi connectivity index (χ1) is 7.15. The summed E-state index contributed by atoms with van der Waals surface area (Å²) in [6.07, 6.45) is 0.729. The van der Waals surface area contributed by atoms with E-state index in [0.29, 0.717) is 17.2 Å². The second-order valence-corrected chi connectivity index (χ2v) is 4.22. The van der Waals surface area contributed by atoms with E-state index in [9.17, 15) is 0 Å². The van der Waals surface area contributed by atoms with Gasteiger partial charge in [-0.3, -0.25) is 0 Å². The number of hydrogen-bond donors (Lipinski definition) is 1. The molecular weight excluding hydrogens is 184 g/mol. The number of benzene rings is 1. The number of fused-ring (bicyclic) bond motifs is 1. The molecule has 2 nitrogen and oxygen atoms in total. The molecular formula is C13H14N2. The molecule has 2 rings (SSSR count). The molecule has 0 atom stereocenters. The normalized spacial score (nSPS) is 14.3. The maximum absolute atomic E-state index is 9.02. The number of nitrogens with zero attached hydrogens (tertiary/aromatic N) is 1. The lowest BCUT2D eigenvalue weighted by molar-refractivity contribution is 0.848. The van der Waals surface area contributed by atoms with Crippen molar-refractivity contribution in [1.29, 1.82) is 5.26 Å². The minimum Gasteiger partial charge on any atom is -0.401 e. The molecule has 0 saturated heterocycles. The molecule has 1 aliphatic carbocycles. The Morgan fingerprint density at radius 1 is 1.40 bits per heavy atom. The summed E-state index contributed by atoms with van der Waals surface area (Å²) in [5.41, 5.74) is 10.8. The van der Waals surface area contributed by atoms with Crippen molar-refractivity contribution in [3.63, 3.8) is 0 Å². The van der Waals surface area contributed by atoms with Gasteiger partial charge in [0.15, 0.2) is 0 Å². The monoisotopic (exact) mass is 198 g/mol. The second kappa shape index (κ2) is 3.43. The summed E-state index contributed by atoms with van der Waals surface area (Å²) in [6.45, 7) is 4.33. The van der Waals surface area contributed by atoms with Gasteiger partial charge in [0, 0.05) is 12.1 Å². The standard InChI is InChI=1S/C13H14N2/c1-8(2)9-4-3-5-10-11(9)6-13(15)12(10)7-14/h3-5,8H,6,15H2,1-2H3. The van der Waals surface area contributed by atoms with E-state index in [0.717, 1.165) is 12.0 Å². The first-order valence-electron chi connectivity index (χ1n) is 5.16. The van der Waals surface area contributed by atoms with Gasteiger partial charge >= 0.3 is 0 Å². The van der Waals surface area contributed by atoms with E-state index in [2.05, 4.69) is 26.0 Å². The quantitative estimate of drug-likeness (QED) is 0.754. The van der Waals surface area contributed by atoms with Crippen LogP contribution in [-0.2, 0) is 6.42 Å². The third kappa shape index (κ3) is 1.41. The van der Waals surface area contributed by atoms with Crippen LogP contribution in [0, 0.1) is 11.3 Å². The highest BCUT2D eigenvalue weighted by atomic mass is 14.6. The molecule has 0 saturated carbocycles. The molecule has 0 unspecified atom stereocenters. The van der Waals surface area contributed by atoms with Crippen molar-refractivity contribution < 1.29 is 0 Å². The van der Waals surface area contributed by atoms with Crippen LogP contribution >= 0.6 is 0 Å². The first kappa shape index (κ1) is 9.79. The number of nitriles is 1. The highest BCUT2D eigenvalue weighted by Gasteiger charge is 2.22. The summed E-state index contributed by atoms with van der Waals surface area (Å²) >= 11 is 0. The van der Waals surface area contributed by atoms with Crippen molar-refractivity contribution >= 4 is 5.57 Å². The highest BCUT2D eigenvalue weighted by Crippen LogP contribution is 2.34. The van der Waals surface area contributed by atoms with Crippen LogP contribution in [0.3, 0.4) is 0 Å². The molecule has 2 N–H and O–H groups in total. The lowest BCUT2D eigenvalue weighted by Crippen LogP contribution is -2.00. The van der Waals surface area contributed by atoms with E-state index in [-0.39, 0.29) is 0 Å². The van der Waals surface area contributed by atoms with E-state index in [1.54, 1.807) is 0 Å². The molecule has 0 radical (unpaired) electrons. The smallest absolute Gasteiger partial charge is 0.102 e. The van der Waals surface area contributed by atoms with Crippen molar-refractivity contribution in [3.05, 3.63) is 40.6 Å². The Hall–Kier alpha value is -1.75. The maximum Gasteiger partial charge on any atom is 0.102 e. The van der Waals surface area contributed by atoms with Crippen LogP contribution in [0.2, 0.25) is 0 Å². The van der Waals surface area contributed by atoms with Gasteiger partial charge in [0.2, 0.25) is 0 Å². The van der Waals surface area contributed by atoms with E-state index >= 15 is 0 Å². The fraction of sp³-hybridized carbons (Fsp3) is 0.308. The molecule has 0 bridgehead atoms. The number of nitrogens with two attached hydrogens (primary N) is 1. The van der Waals surface area contributed by atoms with E-state index < -0.39 is 0 Å². The zero-order valence-electron chi connectivity index (χ0n) is 9.04. The van der Waals surface area contributed by atoms with Crippen LogP contribution in [-0.4, -0.2) is 0 Å². The Morgan fingerprint density at radius 3 is 2.73 bits per heavy atom. The van der Waals surface area contributed by atoms with Gasteiger partial charge in [-0.25, -0.2) is 0 Å². The summed E-state index contributed by atoms with van der Waals surface area (Å²) in [5, 5.41) is 9.02. The van der Waals surface area contributed by atoms with Crippen LogP contribution in [0.25, 0.3) is 5.57 Å². The molecule has 1 aliphatic rings. The Bertz CT molecular complexity index is 476. The lowest BCUT2D eigenvalue weighted by atomic mass is 9.93. The van der Waals surface area contributed by atoms with Crippen molar-refractivity contribution in [2.45, 2.75) is 26.2 Å². The SMILES string of the molecule is CC(C)c1cccc2c1CC(N)=C2C#N. The molecule has 0 fully saturated rings. The van der Waals surface area contributed by atoms with Crippen LogP contribution in [0.1, 0.15) is 36.5 Å². The Balaban J connectivity index is 2.60. The van der Waals surface area contributed by atoms with Gasteiger partial charge in [0.1, 0.15) is 6.07 Å². The van der Waals surface area contributed by atoms with Crippen LogP contribution in [0.15, 0.2) is 23.9 Å². The second-order valence-electron chi connectivity index (χ2n) is 4.22. The average molecular weight is 198 g/mol. The summed E-state index contributed by atoms with van der Waals surface area (Å²) in [6, 6.07) is 8.30. The van der Waals surface area contributed by atoms with Gasteiger partial charge in [0.25, 0.3) is 0 Å². The Kier molecular flexibility index (Phi) is 2.24. The van der Waals surface area contributed by atoms with E-state index in [4.69, 9.17) is 11.0 Å². The van der Waals surface area contributed by atoms with Crippen molar-refractivity contribution in [2.24, 2.45) is 5.73 Å². The zero-order valence-corrected chi connectivity index (χ0v) is 9.04. The summed E-state index contributed by atoms with van der Waals surface area (Å²) in [7, 11) is 0. The molecule has 15 heavy (non-hydrogen) atoms. The molecule has 2 heteroatoms. The Labute approximate surface area is 90.0 Å². The topological polar surface area (TPSA) is 49.8 Å². The predicted octanol–water partition coefficient (Wildman–Crippen LogP) is 2.56. The molecule has 0 heterocycles. The molecule has 1 aromatic carbocycles. The average Bonchev–Trinajstić information content (AvgIpc) is 2.52. The summed E-state index contributed by atoms with van der Waals surface area (Å²) in [4.78, 5) is 0. The fourth-order valence-corrected chi connectivity index (χ4v) is 2.16. The number of allylic oxidation sites excluding steroid dienone is 2. The maximum atomic E-state index is 9.02. The van der Waals surface area contributed by atoms with Crippen molar-refractivity contribution in [2.75, 3.05) is 0 Å². The largest absolute Gasteiger partial charge is 0.401 e. The minimum atomic E-state index is 0.478. The van der Waals surface area contributed by atoms with Gasteiger partial charge in [-0.2, -0.15) is 5.26 Å². The van der Waals surface area contributed by atoms with Crippen LogP contribution < -0.4 is 5.73 Å². The lowest BCUT2D eigenvalue weighted by Gasteiger charge is -2.11. The van der Waals surface area contributed by atoms with E-state index in [1.165, 1.54) is 11.1 Å². The third-order valence-corrected chi connectivity index (χ3v) is 2.90. The van der Waals surface area contributed by atoms with E-state index in [1.807, 2.05) is 12.1 Å². The van der Waals surface area contributed by atoms with Gasteiger partial charge in [-0.15, -0.1) is 0 Å². The molecule has 0 aliphatic heterocycles. The molecule has 1 aromatic rings. The summed E-state index contributed by atoms with van der Waals surface area (Å²) < 4.78 is 0. The molecule has 0 spiro atoms. The zero-order chi connectivity index (χ0) is 11.0. The third-order valence-electron chi connectivity index (χ3n) is 2.90. The van der Waals surface area contributed by atoms with Crippen LogP contribution in [0.4, 0.5) is 0 Å². The van der Waals surface area contributed by atoms with Gasteiger partial charge in [-0.1, -0.05) is 32.0 Å². The summed E-state index contributed by atoms with van der Waals surface area (Å²) in [5.74, 6) is 0.478. The van der Waals surface area contributed by atoms with Gasteiger partial charge < -0.3 is 5.73 Å². The molecule has 0 aromatic heterocycles.